The van der Waals surface area contributed by atoms with Crippen LogP contribution in [0.25, 0.3) is 11.1 Å². The Bertz CT molecular complexity index is 1020. The Morgan fingerprint density at radius 2 is 1.81 bits per heavy atom. The van der Waals surface area contributed by atoms with Crippen LogP contribution in [0.3, 0.4) is 0 Å². The molecule has 1 N–H and O–H groups in total. The molecule has 0 radical (unpaired) electrons. The van der Waals surface area contributed by atoms with E-state index in [1.165, 1.54) is 18.4 Å². The third-order valence-corrected chi connectivity index (χ3v) is 4.43. The molecule has 1 aliphatic rings. The van der Waals surface area contributed by atoms with Crippen LogP contribution < -0.4 is 10.1 Å². The Labute approximate surface area is 150 Å². The van der Waals surface area contributed by atoms with Gasteiger partial charge in [0.05, 0.1) is 0 Å². The van der Waals surface area contributed by atoms with E-state index in [1.54, 1.807) is 6.20 Å². The van der Waals surface area contributed by atoms with Gasteiger partial charge in [0.1, 0.15) is 11.3 Å². The van der Waals surface area contributed by atoms with E-state index in [4.69, 9.17) is 9.15 Å². The number of rotatable bonds is 5. The van der Waals surface area contributed by atoms with Gasteiger partial charge in [0.25, 0.3) is 6.01 Å². The van der Waals surface area contributed by atoms with Crippen LogP contribution in [0.4, 0.5) is 11.7 Å². The zero-order chi connectivity index (χ0) is 17.3. The van der Waals surface area contributed by atoms with Crippen LogP contribution in [0, 0.1) is 0 Å². The molecule has 0 atom stereocenters. The summed E-state index contributed by atoms with van der Waals surface area (Å²) in [6, 6.07) is 19.9. The van der Waals surface area contributed by atoms with Crippen molar-refractivity contribution in [2.24, 2.45) is 0 Å². The van der Waals surface area contributed by atoms with E-state index in [0.717, 1.165) is 22.5 Å². The maximum Gasteiger partial charge on any atom is 0.300 e. The number of aromatic nitrogens is 2. The van der Waals surface area contributed by atoms with Crippen LogP contribution in [-0.4, -0.2) is 9.97 Å². The molecule has 0 amide bonds. The number of nitrogens with one attached hydrogen (secondary N) is 1. The standard InChI is InChI=1S/C21H17N3O2/c1-2-6-19-18(5-1)24-21(26-19)23-15-9-11-16(12-10-15)25-20-17(14-7-8-14)4-3-13-22-20/h1-6,9-14H,7-8H2,(H,23,24). The minimum Gasteiger partial charge on any atom is -0.439 e. The summed E-state index contributed by atoms with van der Waals surface area (Å²) < 4.78 is 11.7. The Morgan fingerprint density at radius 1 is 0.962 bits per heavy atom. The molecule has 0 spiro atoms. The number of oxazole rings is 1. The summed E-state index contributed by atoms with van der Waals surface area (Å²) in [5.74, 6) is 2.06. The number of ether oxygens (including phenoxy) is 1. The van der Waals surface area contributed by atoms with Crippen molar-refractivity contribution in [3.63, 3.8) is 0 Å². The molecule has 0 unspecified atom stereocenters. The van der Waals surface area contributed by atoms with Crippen molar-refractivity contribution in [1.29, 1.82) is 0 Å². The summed E-state index contributed by atoms with van der Waals surface area (Å²) in [4.78, 5) is 8.80. The maximum atomic E-state index is 5.99. The second-order valence-corrected chi connectivity index (χ2v) is 6.41. The highest BCUT2D eigenvalue weighted by Crippen LogP contribution is 2.44. The summed E-state index contributed by atoms with van der Waals surface area (Å²) in [5, 5.41) is 3.18. The molecule has 26 heavy (non-hydrogen) atoms. The van der Waals surface area contributed by atoms with Crippen molar-refractivity contribution in [3.05, 3.63) is 72.4 Å². The first-order valence-electron chi connectivity index (χ1n) is 8.70. The van der Waals surface area contributed by atoms with Crippen molar-refractivity contribution in [2.75, 3.05) is 5.32 Å². The summed E-state index contributed by atoms with van der Waals surface area (Å²) in [7, 11) is 0. The quantitative estimate of drug-likeness (QED) is 0.508. The number of fused-ring (bicyclic) bond motifs is 1. The first-order valence-corrected chi connectivity index (χ1v) is 8.70. The maximum absolute atomic E-state index is 5.99. The molecule has 2 aromatic carbocycles. The fraction of sp³-hybridized carbons (Fsp3) is 0.143. The molecule has 128 valence electrons. The van der Waals surface area contributed by atoms with Gasteiger partial charge in [-0.15, -0.1) is 0 Å². The average Bonchev–Trinajstić information content (AvgIpc) is 3.43. The van der Waals surface area contributed by atoms with Gasteiger partial charge in [-0.1, -0.05) is 18.2 Å². The van der Waals surface area contributed by atoms with Crippen LogP contribution >= 0.6 is 0 Å². The van der Waals surface area contributed by atoms with E-state index in [2.05, 4.69) is 21.4 Å². The summed E-state index contributed by atoms with van der Waals surface area (Å²) in [6.07, 6.45) is 4.20. The van der Waals surface area contributed by atoms with Gasteiger partial charge in [-0.25, -0.2) is 4.98 Å². The molecule has 2 heterocycles. The smallest absolute Gasteiger partial charge is 0.300 e. The number of benzene rings is 2. The Kier molecular flexibility index (Phi) is 3.56. The zero-order valence-corrected chi connectivity index (χ0v) is 14.1. The lowest BCUT2D eigenvalue weighted by atomic mass is 10.2. The lowest BCUT2D eigenvalue weighted by Gasteiger charge is -2.09. The number of para-hydroxylation sites is 2. The van der Waals surface area contributed by atoms with Crippen molar-refractivity contribution in [3.8, 4) is 11.6 Å². The molecule has 4 aromatic rings. The van der Waals surface area contributed by atoms with Gasteiger partial charge >= 0.3 is 0 Å². The monoisotopic (exact) mass is 343 g/mol. The molecule has 0 bridgehead atoms. The van der Waals surface area contributed by atoms with Gasteiger partial charge in [0, 0.05) is 17.4 Å². The number of pyridine rings is 1. The topological polar surface area (TPSA) is 60.2 Å². The van der Waals surface area contributed by atoms with Crippen LogP contribution in [0.2, 0.25) is 0 Å². The van der Waals surface area contributed by atoms with Crippen LogP contribution in [-0.2, 0) is 0 Å². The minimum absolute atomic E-state index is 0.473. The van der Waals surface area contributed by atoms with E-state index in [0.29, 0.717) is 17.8 Å². The second-order valence-electron chi connectivity index (χ2n) is 6.41. The van der Waals surface area contributed by atoms with Gasteiger partial charge < -0.3 is 14.5 Å². The van der Waals surface area contributed by atoms with Gasteiger partial charge in [-0.3, -0.25) is 0 Å². The fourth-order valence-corrected chi connectivity index (χ4v) is 2.96. The van der Waals surface area contributed by atoms with E-state index in [9.17, 15) is 0 Å². The summed E-state index contributed by atoms with van der Waals surface area (Å²) in [5.41, 5.74) is 3.67. The van der Waals surface area contributed by atoms with E-state index in [1.807, 2.05) is 54.6 Å². The SMILES string of the molecule is c1cnc(Oc2ccc(Nc3nc4ccccc4o3)cc2)c(C2CC2)c1. The van der Waals surface area contributed by atoms with E-state index >= 15 is 0 Å². The van der Waals surface area contributed by atoms with Crippen molar-refractivity contribution in [2.45, 2.75) is 18.8 Å². The number of nitrogens with zero attached hydrogens (tertiary/aromatic N) is 2. The molecule has 0 saturated heterocycles. The summed E-state index contributed by atoms with van der Waals surface area (Å²) in [6.45, 7) is 0. The largest absolute Gasteiger partial charge is 0.439 e. The Balaban J connectivity index is 1.33. The van der Waals surface area contributed by atoms with E-state index < -0.39 is 0 Å². The van der Waals surface area contributed by atoms with Crippen LogP contribution in [0.1, 0.15) is 24.3 Å². The average molecular weight is 343 g/mol. The molecule has 2 aromatic heterocycles. The van der Waals surface area contributed by atoms with Gasteiger partial charge in [-0.05, 0) is 61.2 Å². The Morgan fingerprint density at radius 3 is 2.62 bits per heavy atom. The minimum atomic E-state index is 0.473. The molecular weight excluding hydrogens is 326 g/mol. The molecule has 1 aliphatic carbocycles. The second kappa shape index (κ2) is 6.19. The number of anilines is 2. The molecule has 5 rings (SSSR count). The molecular formula is C21H17N3O2. The molecule has 5 heteroatoms. The molecule has 1 saturated carbocycles. The van der Waals surface area contributed by atoms with Crippen LogP contribution in [0.5, 0.6) is 11.6 Å². The third-order valence-electron chi connectivity index (χ3n) is 4.43. The predicted octanol–water partition coefficient (Wildman–Crippen LogP) is 5.64. The first kappa shape index (κ1) is 15.0. The highest BCUT2D eigenvalue weighted by molar-refractivity contribution is 5.75. The van der Waals surface area contributed by atoms with Crippen molar-refractivity contribution < 1.29 is 9.15 Å². The molecule has 1 fully saturated rings. The molecule has 0 aliphatic heterocycles. The third kappa shape index (κ3) is 2.99. The first-order chi connectivity index (χ1) is 12.8. The number of hydrogen-bond acceptors (Lipinski definition) is 5. The lowest BCUT2D eigenvalue weighted by Crippen LogP contribution is -1.94. The zero-order valence-electron chi connectivity index (χ0n) is 14.1. The van der Waals surface area contributed by atoms with Gasteiger partial charge in [0.15, 0.2) is 5.58 Å². The highest BCUT2D eigenvalue weighted by atomic mass is 16.5. The lowest BCUT2D eigenvalue weighted by molar-refractivity contribution is 0.456. The summed E-state index contributed by atoms with van der Waals surface area (Å²) >= 11 is 0. The van der Waals surface area contributed by atoms with Crippen molar-refractivity contribution in [1.82, 2.24) is 9.97 Å². The normalized spacial score (nSPS) is 13.7. The fourth-order valence-electron chi connectivity index (χ4n) is 2.96. The van der Waals surface area contributed by atoms with Gasteiger partial charge in [-0.2, -0.15) is 4.98 Å². The van der Waals surface area contributed by atoms with E-state index in [-0.39, 0.29) is 0 Å². The highest BCUT2D eigenvalue weighted by Gasteiger charge is 2.27. The Hall–Kier alpha value is -3.34. The van der Waals surface area contributed by atoms with Crippen molar-refractivity contribution >= 4 is 22.8 Å². The number of hydrogen-bond donors (Lipinski definition) is 1. The van der Waals surface area contributed by atoms with Gasteiger partial charge in [0.2, 0.25) is 5.88 Å². The predicted molar refractivity (Wildman–Crippen MR) is 100 cm³/mol. The van der Waals surface area contributed by atoms with Crippen LogP contribution in [0.15, 0.2) is 71.3 Å². The molecule has 5 nitrogen and oxygen atoms in total.